The Morgan fingerprint density at radius 2 is 1.82 bits per heavy atom. The molecule has 0 fully saturated rings. The topological polar surface area (TPSA) is 59.8 Å². The molecule has 5 rings (SSSR count). The summed E-state index contributed by atoms with van der Waals surface area (Å²) in [7, 11) is 0. The average Bonchev–Trinajstić information content (AvgIpc) is 3.48. The van der Waals surface area contributed by atoms with Gasteiger partial charge in [-0.1, -0.05) is 12.1 Å². The highest BCUT2D eigenvalue weighted by atomic mass is 32.1. The summed E-state index contributed by atoms with van der Waals surface area (Å²) in [6, 6.07) is 19.5. The molecular formula is C21H14N4OS2. The van der Waals surface area contributed by atoms with E-state index in [0.29, 0.717) is 4.88 Å². The summed E-state index contributed by atoms with van der Waals surface area (Å²) in [6.45, 7) is 0. The van der Waals surface area contributed by atoms with Gasteiger partial charge in [-0.05, 0) is 48.5 Å². The number of thiophene rings is 1. The molecule has 1 N–H and O–H groups in total. The second-order valence-electron chi connectivity index (χ2n) is 6.12. The van der Waals surface area contributed by atoms with Crippen molar-refractivity contribution in [1.82, 2.24) is 14.5 Å². The van der Waals surface area contributed by atoms with Crippen LogP contribution in [-0.2, 0) is 0 Å². The zero-order valence-electron chi connectivity index (χ0n) is 14.6. The van der Waals surface area contributed by atoms with Crippen LogP contribution in [0.4, 0.5) is 5.69 Å². The molecule has 28 heavy (non-hydrogen) atoms. The van der Waals surface area contributed by atoms with Crippen LogP contribution in [0.3, 0.4) is 0 Å². The Morgan fingerprint density at radius 3 is 2.61 bits per heavy atom. The van der Waals surface area contributed by atoms with Gasteiger partial charge in [0.05, 0.1) is 26.3 Å². The summed E-state index contributed by atoms with van der Waals surface area (Å²) >= 11 is 3.09. The van der Waals surface area contributed by atoms with Gasteiger partial charge in [0.25, 0.3) is 5.91 Å². The molecule has 0 atom stereocenters. The predicted octanol–water partition coefficient (Wildman–Crippen LogP) is 5.46. The number of fused-ring (bicyclic) bond motifs is 1. The lowest BCUT2D eigenvalue weighted by molar-refractivity contribution is 0.103. The summed E-state index contributed by atoms with van der Waals surface area (Å²) < 4.78 is 3.06. The number of nitrogens with one attached hydrogen (secondary N) is 1. The molecule has 7 heteroatoms. The molecule has 0 bridgehead atoms. The molecule has 3 aromatic heterocycles. The van der Waals surface area contributed by atoms with E-state index in [1.165, 1.54) is 11.3 Å². The fourth-order valence-electron chi connectivity index (χ4n) is 2.87. The van der Waals surface area contributed by atoms with Crippen LogP contribution in [0, 0.1) is 0 Å². The van der Waals surface area contributed by atoms with Gasteiger partial charge >= 0.3 is 0 Å². The van der Waals surface area contributed by atoms with Crippen LogP contribution in [0.15, 0.2) is 79.4 Å². The number of amides is 1. The Balaban J connectivity index is 1.33. The van der Waals surface area contributed by atoms with E-state index in [9.17, 15) is 4.79 Å². The Morgan fingerprint density at radius 1 is 0.964 bits per heavy atom. The molecule has 0 spiro atoms. The summed E-state index contributed by atoms with van der Waals surface area (Å²) in [5, 5.41) is 3.89. The highest BCUT2D eigenvalue weighted by Crippen LogP contribution is 2.34. The van der Waals surface area contributed by atoms with Crippen molar-refractivity contribution in [2.75, 3.05) is 5.32 Å². The van der Waals surface area contributed by atoms with Gasteiger partial charge in [0.15, 0.2) is 0 Å². The fraction of sp³-hybridized carbons (Fsp3) is 0. The van der Waals surface area contributed by atoms with Crippen molar-refractivity contribution < 1.29 is 4.79 Å². The number of benzene rings is 2. The van der Waals surface area contributed by atoms with Crippen LogP contribution < -0.4 is 5.32 Å². The molecule has 136 valence electrons. The molecular weight excluding hydrogens is 388 g/mol. The number of carbonyl (C=O) groups excluding carboxylic acids is 1. The quantitative estimate of drug-likeness (QED) is 0.434. The van der Waals surface area contributed by atoms with Crippen molar-refractivity contribution >= 4 is 44.5 Å². The van der Waals surface area contributed by atoms with Crippen molar-refractivity contribution in [3.63, 3.8) is 0 Å². The van der Waals surface area contributed by atoms with Crippen molar-refractivity contribution in [2.45, 2.75) is 0 Å². The molecule has 0 saturated heterocycles. The van der Waals surface area contributed by atoms with Gasteiger partial charge in [0.1, 0.15) is 5.01 Å². The first-order valence-electron chi connectivity index (χ1n) is 8.62. The SMILES string of the molecule is O=C(Nc1ccc(-n2ccnc2)cc1)c1ccc(-c2nc3ccccc3s2)s1. The maximum atomic E-state index is 12.6. The monoisotopic (exact) mass is 402 g/mol. The third kappa shape index (κ3) is 3.21. The lowest BCUT2D eigenvalue weighted by atomic mass is 10.2. The molecule has 0 saturated carbocycles. The fourth-order valence-corrected chi connectivity index (χ4v) is 4.80. The molecule has 5 aromatic rings. The standard InChI is InChI=1S/C21H14N4OS2/c26-20(23-14-5-7-15(8-6-14)25-12-11-22-13-25)18-9-10-19(27-18)21-24-16-3-1-2-4-17(16)28-21/h1-13H,(H,23,26). The van der Waals surface area contributed by atoms with Gasteiger partial charge in [-0.25, -0.2) is 9.97 Å². The van der Waals surface area contributed by atoms with Crippen LogP contribution in [0.25, 0.3) is 25.8 Å². The lowest BCUT2D eigenvalue weighted by Crippen LogP contribution is -2.09. The average molecular weight is 403 g/mol. The van der Waals surface area contributed by atoms with Gasteiger partial charge in [0, 0.05) is 23.8 Å². The number of para-hydroxylation sites is 1. The van der Waals surface area contributed by atoms with E-state index < -0.39 is 0 Å². The van der Waals surface area contributed by atoms with Crippen LogP contribution >= 0.6 is 22.7 Å². The highest BCUT2D eigenvalue weighted by molar-refractivity contribution is 7.26. The molecule has 0 radical (unpaired) electrons. The van der Waals surface area contributed by atoms with Crippen molar-refractivity contribution in [3.05, 3.63) is 84.3 Å². The van der Waals surface area contributed by atoms with E-state index in [-0.39, 0.29) is 5.91 Å². The molecule has 1 amide bonds. The largest absolute Gasteiger partial charge is 0.321 e. The summed E-state index contributed by atoms with van der Waals surface area (Å²) in [6.07, 6.45) is 5.35. The van der Waals surface area contributed by atoms with E-state index in [1.807, 2.05) is 65.4 Å². The summed E-state index contributed by atoms with van der Waals surface area (Å²) in [5.74, 6) is -0.118. The van der Waals surface area contributed by atoms with Crippen LogP contribution in [-0.4, -0.2) is 20.4 Å². The van der Waals surface area contributed by atoms with Gasteiger partial charge in [-0.3, -0.25) is 4.79 Å². The van der Waals surface area contributed by atoms with Crippen molar-refractivity contribution in [2.24, 2.45) is 0 Å². The third-order valence-corrected chi connectivity index (χ3v) is 6.55. The third-order valence-electron chi connectivity index (χ3n) is 4.26. The minimum atomic E-state index is -0.118. The number of hydrogen-bond donors (Lipinski definition) is 1. The van der Waals surface area contributed by atoms with Crippen LogP contribution in [0.5, 0.6) is 0 Å². The first-order chi connectivity index (χ1) is 13.8. The first-order valence-corrected chi connectivity index (χ1v) is 10.2. The zero-order valence-corrected chi connectivity index (χ0v) is 16.2. The number of carbonyl (C=O) groups is 1. The molecule has 0 aliphatic rings. The number of hydrogen-bond acceptors (Lipinski definition) is 5. The number of nitrogens with zero attached hydrogens (tertiary/aromatic N) is 3. The molecule has 5 nitrogen and oxygen atoms in total. The first kappa shape index (κ1) is 16.9. The van der Waals surface area contributed by atoms with E-state index >= 15 is 0 Å². The Labute approximate surface area is 168 Å². The smallest absolute Gasteiger partial charge is 0.265 e. The summed E-state index contributed by atoms with van der Waals surface area (Å²) in [5.41, 5.74) is 2.73. The van der Waals surface area contributed by atoms with Gasteiger partial charge in [0.2, 0.25) is 0 Å². The Hall–Kier alpha value is -3.29. The maximum absolute atomic E-state index is 12.6. The van der Waals surface area contributed by atoms with E-state index in [0.717, 1.165) is 31.5 Å². The number of anilines is 1. The van der Waals surface area contributed by atoms with Crippen LogP contribution in [0.1, 0.15) is 9.67 Å². The summed E-state index contributed by atoms with van der Waals surface area (Å²) in [4.78, 5) is 23.0. The Kier molecular flexibility index (Phi) is 4.23. The van der Waals surface area contributed by atoms with E-state index in [4.69, 9.17) is 0 Å². The van der Waals surface area contributed by atoms with Gasteiger partial charge in [-0.2, -0.15) is 0 Å². The maximum Gasteiger partial charge on any atom is 0.265 e. The van der Waals surface area contributed by atoms with Crippen molar-refractivity contribution in [1.29, 1.82) is 0 Å². The minimum absolute atomic E-state index is 0.118. The normalized spacial score (nSPS) is 11.0. The highest BCUT2D eigenvalue weighted by Gasteiger charge is 2.13. The predicted molar refractivity (Wildman–Crippen MR) is 114 cm³/mol. The second kappa shape index (κ2) is 7.03. The number of rotatable bonds is 4. The second-order valence-corrected chi connectivity index (χ2v) is 8.24. The number of thiazole rings is 1. The molecule has 0 unspecified atom stereocenters. The minimum Gasteiger partial charge on any atom is -0.321 e. The number of imidazole rings is 1. The molecule has 0 aliphatic carbocycles. The molecule has 2 aromatic carbocycles. The van der Waals surface area contributed by atoms with Gasteiger partial charge < -0.3 is 9.88 Å². The number of aromatic nitrogens is 3. The van der Waals surface area contributed by atoms with E-state index in [1.54, 1.807) is 23.9 Å². The van der Waals surface area contributed by atoms with Crippen LogP contribution in [0.2, 0.25) is 0 Å². The molecule has 0 aliphatic heterocycles. The Bertz CT molecular complexity index is 1220. The van der Waals surface area contributed by atoms with E-state index in [2.05, 4.69) is 21.4 Å². The van der Waals surface area contributed by atoms with Gasteiger partial charge in [-0.15, -0.1) is 22.7 Å². The molecule has 3 heterocycles. The van der Waals surface area contributed by atoms with Crippen molar-refractivity contribution in [3.8, 4) is 15.6 Å². The zero-order chi connectivity index (χ0) is 18.9. The lowest BCUT2D eigenvalue weighted by Gasteiger charge is -2.06.